The number of rotatable bonds is 4. The maximum atomic E-state index is 5.50. The minimum Gasteiger partial charge on any atom is -0.496 e. The van der Waals surface area contributed by atoms with Crippen LogP contribution < -0.4 is 10.1 Å². The van der Waals surface area contributed by atoms with E-state index < -0.39 is 0 Å². The third-order valence-corrected chi connectivity index (χ3v) is 4.47. The average molecular weight is 276 g/mol. The van der Waals surface area contributed by atoms with E-state index in [4.69, 9.17) is 4.74 Å². The molecule has 0 atom stereocenters. The van der Waals surface area contributed by atoms with Gasteiger partial charge in [-0.25, -0.2) is 0 Å². The van der Waals surface area contributed by atoms with Gasteiger partial charge in [-0.3, -0.25) is 4.90 Å². The number of hydrogen-bond acceptors (Lipinski definition) is 3. The highest BCUT2D eigenvalue weighted by Crippen LogP contribution is 2.34. The van der Waals surface area contributed by atoms with Crippen LogP contribution in [0.15, 0.2) is 18.2 Å². The van der Waals surface area contributed by atoms with Gasteiger partial charge in [-0.1, -0.05) is 26.0 Å². The van der Waals surface area contributed by atoms with E-state index in [1.165, 1.54) is 11.1 Å². The van der Waals surface area contributed by atoms with E-state index in [1.807, 2.05) is 0 Å². The van der Waals surface area contributed by atoms with Crippen LogP contribution in [-0.2, 0) is 5.54 Å². The molecule has 1 aliphatic heterocycles. The topological polar surface area (TPSA) is 24.5 Å². The lowest BCUT2D eigenvalue weighted by molar-refractivity contribution is 0.102. The third kappa shape index (κ3) is 2.99. The Kier molecular flexibility index (Phi) is 4.71. The van der Waals surface area contributed by atoms with Gasteiger partial charge < -0.3 is 10.1 Å². The first-order valence-corrected chi connectivity index (χ1v) is 7.61. The zero-order valence-electron chi connectivity index (χ0n) is 13.5. The van der Waals surface area contributed by atoms with Crippen LogP contribution in [0.1, 0.15) is 44.7 Å². The Bertz CT molecular complexity index is 448. The van der Waals surface area contributed by atoms with Crippen molar-refractivity contribution < 1.29 is 4.74 Å². The van der Waals surface area contributed by atoms with E-state index in [0.717, 1.165) is 31.9 Å². The maximum Gasteiger partial charge on any atom is 0.122 e. The molecule has 2 rings (SSSR count). The zero-order chi connectivity index (χ0) is 14.8. The summed E-state index contributed by atoms with van der Waals surface area (Å²) in [5.74, 6) is 1.48. The van der Waals surface area contributed by atoms with Crippen LogP contribution in [-0.4, -0.2) is 38.2 Å². The number of methoxy groups -OCH3 is 1. The predicted molar refractivity (Wildman–Crippen MR) is 84.6 cm³/mol. The molecule has 1 fully saturated rings. The molecule has 0 saturated carbocycles. The highest BCUT2D eigenvalue weighted by atomic mass is 16.5. The molecular weight excluding hydrogens is 248 g/mol. The van der Waals surface area contributed by atoms with Gasteiger partial charge in [-0.05, 0) is 37.0 Å². The summed E-state index contributed by atoms with van der Waals surface area (Å²) >= 11 is 0. The molecule has 1 saturated heterocycles. The molecule has 1 aromatic rings. The summed E-state index contributed by atoms with van der Waals surface area (Å²) in [6, 6.07) is 6.66. The Hall–Kier alpha value is -1.06. The van der Waals surface area contributed by atoms with E-state index in [-0.39, 0.29) is 5.54 Å². The lowest BCUT2D eigenvalue weighted by atomic mass is 9.88. The summed E-state index contributed by atoms with van der Waals surface area (Å²) in [6.45, 7) is 13.5. The summed E-state index contributed by atoms with van der Waals surface area (Å²) in [6.07, 6.45) is 0. The molecule has 1 heterocycles. The van der Waals surface area contributed by atoms with Crippen molar-refractivity contribution in [1.29, 1.82) is 0 Å². The Morgan fingerprint density at radius 2 is 1.85 bits per heavy atom. The molecule has 1 N–H and O–H groups in total. The van der Waals surface area contributed by atoms with Gasteiger partial charge in [-0.2, -0.15) is 0 Å². The van der Waals surface area contributed by atoms with Gasteiger partial charge in [0.25, 0.3) is 0 Å². The summed E-state index contributed by atoms with van der Waals surface area (Å²) in [5.41, 5.74) is 2.75. The number of hydrogen-bond donors (Lipinski definition) is 1. The van der Waals surface area contributed by atoms with E-state index in [0.29, 0.717) is 5.92 Å². The number of benzene rings is 1. The molecule has 3 heteroatoms. The van der Waals surface area contributed by atoms with Crippen LogP contribution >= 0.6 is 0 Å². The van der Waals surface area contributed by atoms with Gasteiger partial charge in [0.1, 0.15) is 5.75 Å². The molecule has 0 spiro atoms. The van der Waals surface area contributed by atoms with Gasteiger partial charge in [0, 0.05) is 31.7 Å². The average Bonchev–Trinajstić information content (AvgIpc) is 2.47. The smallest absolute Gasteiger partial charge is 0.122 e. The van der Waals surface area contributed by atoms with Crippen molar-refractivity contribution in [1.82, 2.24) is 10.2 Å². The quantitative estimate of drug-likeness (QED) is 0.915. The standard InChI is InChI=1S/C17H28N2O/c1-13(2)15-12-14(6-7-16(15)20-5)17(3,4)19-10-8-18-9-11-19/h6-7,12-13,18H,8-11H2,1-5H3. The molecule has 112 valence electrons. The molecule has 1 aromatic carbocycles. The molecule has 0 radical (unpaired) electrons. The fourth-order valence-corrected chi connectivity index (χ4v) is 2.97. The Morgan fingerprint density at radius 1 is 1.20 bits per heavy atom. The van der Waals surface area contributed by atoms with Gasteiger partial charge in [0.15, 0.2) is 0 Å². The van der Waals surface area contributed by atoms with Crippen LogP contribution in [0.3, 0.4) is 0 Å². The second-order valence-electron chi connectivity index (χ2n) is 6.41. The lowest BCUT2D eigenvalue weighted by Crippen LogP contribution is -2.51. The lowest BCUT2D eigenvalue weighted by Gasteiger charge is -2.42. The van der Waals surface area contributed by atoms with Crippen LogP contribution in [0.2, 0.25) is 0 Å². The highest BCUT2D eigenvalue weighted by Gasteiger charge is 2.30. The van der Waals surface area contributed by atoms with Gasteiger partial charge >= 0.3 is 0 Å². The summed E-state index contributed by atoms with van der Waals surface area (Å²) in [7, 11) is 1.75. The maximum absolute atomic E-state index is 5.50. The van der Waals surface area contributed by atoms with E-state index in [9.17, 15) is 0 Å². The van der Waals surface area contributed by atoms with Crippen LogP contribution in [0, 0.1) is 0 Å². The molecule has 0 aromatic heterocycles. The minimum absolute atomic E-state index is 0.0675. The number of nitrogens with one attached hydrogen (secondary N) is 1. The van der Waals surface area contributed by atoms with Crippen LogP contribution in [0.4, 0.5) is 0 Å². The fraction of sp³-hybridized carbons (Fsp3) is 0.647. The van der Waals surface area contributed by atoms with Crippen molar-refractivity contribution in [3.8, 4) is 5.75 Å². The number of piperazine rings is 1. The van der Waals surface area contributed by atoms with Gasteiger partial charge in [0.05, 0.1) is 7.11 Å². The Balaban J connectivity index is 2.33. The number of nitrogens with zero attached hydrogens (tertiary/aromatic N) is 1. The minimum atomic E-state index is 0.0675. The molecule has 0 unspecified atom stereocenters. The van der Waals surface area contributed by atoms with E-state index in [1.54, 1.807) is 7.11 Å². The van der Waals surface area contributed by atoms with Crippen LogP contribution in [0.5, 0.6) is 5.75 Å². The van der Waals surface area contributed by atoms with Crippen molar-refractivity contribution in [3.63, 3.8) is 0 Å². The molecule has 3 nitrogen and oxygen atoms in total. The fourth-order valence-electron chi connectivity index (χ4n) is 2.97. The van der Waals surface area contributed by atoms with Gasteiger partial charge in [0.2, 0.25) is 0 Å². The normalized spacial score (nSPS) is 17.5. The zero-order valence-corrected chi connectivity index (χ0v) is 13.5. The first kappa shape index (κ1) is 15.3. The molecule has 0 amide bonds. The van der Waals surface area contributed by atoms with E-state index in [2.05, 4.69) is 56.1 Å². The Labute approximate surface area is 123 Å². The van der Waals surface area contributed by atoms with Crippen molar-refractivity contribution >= 4 is 0 Å². The molecular formula is C17H28N2O. The second-order valence-corrected chi connectivity index (χ2v) is 6.41. The molecule has 0 aliphatic carbocycles. The summed E-state index contributed by atoms with van der Waals surface area (Å²) in [5, 5.41) is 3.42. The van der Waals surface area contributed by atoms with E-state index >= 15 is 0 Å². The second kappa shape index (κ2) is 6.15. The molecule has 20 heavy (non-hydrogen) atoms. The molecule has 1 aliphatic rings. The van der Waals surface area contributed by atoms with Crippen molar-refractivity contribution in [2.75, 3.05) is 33.3 Å². The van der Waals surface area contributed by atoms with Gasteiger partial charge in [-0.15, -0.1) is 0 Å². The van der Waals surface area contributed by atoms with Crippen molar-refractivity contribution in [2.24, 2.45) is 0 Å². The third-order valence-electron chi connectivity index (χ3n) is 4.47. The molecule has 0 bridgehead atoms. The number of ether oxygens (including phenoxy) is 1. The predicted octanol–water partition coefficient (Wildman–Crippen LogP) is 2.96. The van der Waals surface area contributed by atoms with Crippen molar-refractivity contribution in [2.45, 2.75) is 39.2 Å². The first-order valence-electron chi connectivity index (χ1n) is 7.61. The monoisotopic (exact) mass is 276 g/mol. The van der Waals surface area contributed by atoms with Crippen molar-refractivity contribution in [3.05, 3.63) is 29.3 Å². The highest BCUT2D eigenvalue weighted by molar-refractivity contribution is 5.41. The summed E-state index contributed by atoms with van der Waals surface area (Å²) < 4.78 is 5.50. The summed E-state index contributed by atoms with van der Waals surface area (Å²) in [4.78, 5) is 2.56. The van der Waals surface area contributed by atoms with Crippen LogP contribution in [0.25, 0.3) is 0 Å². The SMILES string of the molecule is COc1ccc(C(C)(C)N2CCNCC2)cc1C(C)C. The largest absolute Gasteiger partial charge is 0.496 e. The first-order chi connectivity index (χ1) is 9.46. The Morgan fingerprint density at radius 3 is 2.40 bits per heavy atom.